The van der Waals surface area contributed by atoms with E-state index < -0.39 is 7.80 Å². The molecule has 0 atom stereocenters. The molecule has 0 unspecified atom stereocenters. The van der Waals surface area contributed by atoms with E-state index in [1.807, 2.05) is 24.3 Å². The Hall–Kier alpha value is -1.47. The summed E-state index contributed by atoms with van der Waals surface area (Å²) in [5, 5.41) is 2.35. The third-order valence-corrected chi connectivity index (χ3v) is 5.37. The second kappa shape index (κ2) is 6.32. The third-order valence-electron chi connectivity index (χ3n) is 3.33. The lowest BCUT2D eigenvalue weighted by molar-refractivity contribution is 0.414. The number of rotatable bonds is 4. The van der Waals surface area contributed by atoms with Crippen LogP contribution in [-0.2, 0) is 0 Å². The van der Waals surface area contributed by atoms with E-state index in [0.717, 1.165) is 22.6 Å². The molecule has 2 rings (SSSR count). The molecule has 0 spiro atoms. The van der Waals surface area contributed by atoms with E-state index in [2.05, 4.69) is 26.0 Å². The largest absolute Gasteiger partial charge is 0.497 e. The average Bonchev–Trinajstić information content (AvgIpc) is 2.46. The number of ether oxygens (including phenoxy) is 2. The molecule has 0 bridgehead atoms. The molecule has 0 aliphatic rings. The van der Waals surface area contributed by atoms with E-state index in [4.69, 9.17) is 17.0 Å². The molecule has 0 aromatic heterocycles. The smallest absolute Gasteiger partial charge is 0.121 e. The maximum atomic E-state index is 6.48. The van der Waals surface area contributed by atoms with Crippen molar-refractivity contribution < 1.29 is 9.47 Å². The molecule has 2 radical (unpaired) electrons. The van der Waals surface area contributed by atoms with Crippen molar-refractivity contribution in [2.75, 3.05) is 14.2 Å². The van der Waals surface area contributed by atoms with Gasteiger partial charge in [0.1, 0.15) is 19.1 Å². The van der Waals surface area contributed by atoms with Crippen molar-refractivity contribution in [1.29, 1.82) is 0 Å². The van der Waals surface area contributed by atoms with Crippen LogP contribution < -0.4 is 20.1 Å². The zero-order valence-electron chi connectivity index (χ0n) is 12.3. The molecule has 2 aromatic rings. The fourth-order valence-corrected chi connectivity index (χ4v) is 3.80. The number of hydrogen-bond donors (Lipinski definition) is 0. The Bertz CT molecular complexity index is 560. The second-order valence-electron chi connectivity index (χ2n) is 4.67. The first-order chi connectivity index (χ1) is 9.56. The highest BCUT2D eigenvalue weighted by molar-refractivity contribution is 7.94. The molecule has 0 aliphatic heterocycles. The highest BCUT2D eigenvalue weighted by Gasteiger charge is 2.13. The van der Waals surface area contributed by atoms with E-state index in [9.17, 15) is 0 Å². The first-order valence-corrected chi connectivity index (χ1v) is 7.82. The Labute approximate surface area is 123 Å². The van der Waals surface area contributed by atoms with Crippen molar-refractivity contribution in [3.05, 3.63) is 47.5 Å². The Morgan fingerprint density at radius 2 is 1.20 bits per heavy atom. The fraction of sp³-hybridized carbons (Fsp3) is 0.250. The summed E-state index contributed by atoms with van der Waals surface area (Å²) < 4.78 is 10.5. The third kappa shape index (κ3) is 2.99. The van der Waals surface area contributed by atoms with Gasteiger partial charge in [0.25, 0.3) is 0 Å². The van der Waals surface area contributed by atoms with Crippen molar-refractivity contribution in [2.24, 2.45) is 0 Å². The molecule has 0 heterocycles. The van der Waals surface area contributed by atoms with Crippen LogP contribution in [0.5, 0.6) is 11.5 Å². The topological polar surface area (TPSA) is 18.5 Å². The lowest BCUT2D eigenvalue weighted by atomic mass is 10.2. The summed E-state index contributed by atoms with van der Waals surface area (Å²) in [6.45, 7) is 4.14. The Kier molecular flexibility index (Phi) is 4.72. The molecule has 0 aliphatic carbocycles. The van der Waals surface area contributed by atoms with Gasteiger partial charge in [-0.05, 0) is 59.8 Å². The van der Waals surface area contributed by atoms with Gasteiger partial charge in [-0.1, -0.05) is 19.9 Å². The van der Waals surface area contributed by atoms with Crippen LogP contribution >= 0.6 is 7.80 Å². The van der Waals surface area contributed by atoms with E-state index in [-0.39, 0.29) is 0 Å². The van der Waals surface area contributed by atoms with Crippen molar-refractivity contribution in [1.82, 2.24) is 0 Å². The molecule has 2 nitrogen and oxygen atoms in total. The molecule has 102 valence electrons. The number of hydrogen-bond acceptors (Lipinski definition) is 2. The Balaban J connectivity index is 2.38. The van der Waals surface area contributed by atoms with Crippen LogP contribution in [0.15, 0.2) is 36.4 Å². The maximum absolute atomic E-state index is 6.48. The summed E-state index contributed by atoms with van der Waals surface area (Å²) in [5.41, 5.74) is 2.32. The summed E-state index contributed by atoms with van der Waals surface area (Å²) in [6.07, 6.45) is 0. The first-order valence-electron chi connectivity index (χ1n) is 6.41. The molecule has 0 saturated carbocycles. The quantitative estimate of drug-likeness (QED) is 0.635. The van der Waals surface area contributed by atoms with Crippen LogP contribution in [0.25, 0.3) is 0 Å². The summed E-state index contributed by atoms with van der Waals surface area (Å²) in [4.78, 5) is 0. The minimum Gasteiger partial charge on any atom is -0.497 e. The lowest BCUT2D eigenvalue weighted by Crippen LogP contribution is -2.16. The molecule has 4 heteroatoms. The van der Waals surface area contributed by atoms with Crippen LogP contribution in [0.2, 0.25) is 0 Å². The van der Waals surface area contributed by atoms with Gasteiger partial charge in [-0.3, -0.25) is 0 Å². The number of benzene rings is 2. The Morgan fingerprint density at radius 1 is 0.800 bits per heavy atom. The van der Waals surface area contributed by atoms with Crippen molar-refractivity contribution >= 4 is 26.0 Å². The van der Waals surface area contributed by atoms with Gasteiger partial charge in [-0.2, -0.15) is 0 Å². The monoisotopic (exact) mass is 284 g/mol. The summed E-state index contributed by atoms with van der Waals surface area (Å²) in [6, 6.07) is 12.1. The fourth-order valence-electron chi connectivity index (χ4n) is 2.18. The molecule has 0 saturated heterocycles. The maximum Gasteiger partial charge on any atom is 0.121 e. The molecule has 0 amide bonds. The van der Waals surface area contributed by atoms with Crippen molar-refractivity contribution in [3.63, 3.8) is 0 Å². The molecular weight excluding hydrogens is 266 g/mol. The highest BCUT2D eigenvalue weighted by atomic mass is 31.1. The van der Waals surface area contributed by atoms with E-state index in [1.165, 1.54) is 10.6 Å². The molecule has 0 fully saturated rings. The first kappa shape index (κ1) is 14.9. The van der Waals surface area contributed by atoms with Crippen LogP contribution in [-0.4, -0.2) is 21.8 Å². The molecule has 2 aromatic carbocycles. The van der Waals surface area contributed by atoms with E-state index >= 15 is 0 Å². The highest BCUT2D eigenvalue weighted by Crippen LogP contribution is 2.32. The summed E-state index contributed by atoms with van der Waals surface area (Å²) >= 11 is 0. The van der Waals surface area contributed by atoms with E-state index in [0.29, 0.717) is 0 Å². The van der Waals surface area contributed by atoms with Gasteiger partial charge in [0.2, 0.25) is 0 Å². The van der Waals surface area contributed by atoms with Crippen LogP contribution in [0.4, 0.5) is 0 Å². The molecule has 20 heavy (non-hydrogen) atoms. The number of methoxy groups -OCH3 is 2. The van der Waals surface area contributed by atoms with E-state index in [1.54, 1.807) is 14.2 Å². The van der Waals surface area contributed by atoms with Crippen LogP contribution in [0.3, 0.4) is 0 Å². The van der Waals surface area contributed by atoms with Gasteiger partial charge in [-0.25, -0.2) is 0 Å². The van der Waals surface area contributed by atoms with Gasteiger partial charge in [0.15, 0.2) is 0 Å². The predicted molar refractivity (Wildman–Crippen MR) is 87.4 cm³/mol. The number of aryl methyl sites for hydroxylation is 2. The molecule has 0 N–H and O–H groups in total. The zero-order chi connectivity index (χ0) is 14.7. The van der Waals surface area contributed by atoms with Gasteiger partial charge >= 0.3 is 0 Å². The second-order valence-corrected chi connectivity index (χ2v) is 6.38. The standard InChI is InChI=1S/C16H18BO2P/c1-11-9-13(18-3)5-7-15(11)20(17)16-8-6-14(19-4)10-12(16)2/h5-10H,1-4H3. The van der Waals surface area contributed by atoms with Gasteiger partial charge in [0, 0.05) is 0 Å². The SMILES string of the molecule is [B]P(c1ccc(OC)cc1C)c1ccc(OC)cc1C. The normalized spacial score (nSPS) is 10.7. The average molecular weight is 284 g/mol. The van der Waals surface area contributed by atoms with Crippen molar-refractivity contribution in [2.45, 2.75) is 13.8 Å². The van der Waals surface area contributed by atoms with Gasteiger partial charge in [0.05, 0.1) is 14.2 Å². The summed E-state index contributed by atoms with van der Waals surface area (Å²) in [7, 11) is 8.97. The zero-order valence-corrected chi connectivity index (χ0v) is 13.2. The minimum atomic E-state index is -0.858. The van der Waals surface area contributed by atoms with Crippen molar-refractivity contribution in [3.8, 4) is 11.5 Å². The summed E-state index contributed by atoms with van der Waals surface area (Å²) in [5.74, 6) is 1.72. The molecular formula is C16H18BO2P. The van der Waals surface area contributed by atoms with Gasteiger partial charge in [-0.15, -0.1) is 0 Å². The van der Waals surface area contributed by atoms with Crippen LogP contribution in [0.1, 0.15) is 11.1 Å². The minimum absolute atomic E-state index is 0.858. The predicted octanol–water partition coefficient (Wildman–Crippen LogP) is 2.84. The van der Waals surface area contributed by atoms with Gasteiger partial charge < -0.3 is 9.47 Å². The van der Waals surface area contributed by atoms with Crippen LogP contribution in [0, 0.1) is 13.8 Å². The Morgan fingerprint density at radius 3 is 1.50 bits per heavy atom. The lowest BCUT2D eigenvalue weighted by Gasteiger charge is -2.19.